The van der Waals surface area contributed by atoms with Crippen molar-refractivity contribution in [1.82, 2.24) is 14.4 Å². The van der Waals surface area contributed by atoms with Gasteiger partial charge in [0.2, 0.25) is 0 Å². The Morgan fingerprint density at radius 3 is 1.56 bits per heavy atom. The Balaban J connectivity index is 1.04. The molecule has 0 bridgehead atoms. The third kappa shape index (κ3) is 4.09. The number of nitrogens with zero attached hydrogens (tertiary/aromatic N) is 3. The van der Waals surface area contributed by atoms with Gasteiger partial charge in [0.15, 0.2) is 5.82 Å². The molecule has 0 saturated heterocycles. The quantitative estimate of drug-likeness (QED) is 0.189. The van der Waals surface area contributed by atoms with Gasteiger partial charge in [0.05, 0.1) is 27.9 Å². The first-order valence-electron chi connectivity index (χ1n) is 16.9. The topological polar surface area (TPSA) is 30.2 Å². The van der Waals surface area contributed by atoms with Crippen LogP contribution in [0.5, 0.6) is 0 Å². The third-order valence-corrected chi connectivity index (χ3v) is 11.3. The molecule has 232 valence electrons. The molecule has 4 aromatic heterocycles. The molecule has 0 aliphatic heterocycles. The Morgan fingerprint density at radius 1 is 0.360 bits per heavy atom. The average molecular weight is 654 g/mol. The van der Waals surface area contributed by atoms with Crippen LogP contribution >= 0.6 is 11.3 Å². The highest BCUT2D eigenvalue weighted by molar-refractivity contribution is 7.25. The summed E-state index contributed by atoms with van der Waals surface area (Å²) in [6.07, 6.45) is 0. The molecular formula is C46H27N3S. The second-order valence-corrected chi connectivity index (χ2v) is 14.1. The Kier molecular flexibility index (Phi) is 5.83. The van der Waals surface area contributed by atoms with Crippen LogP contribution in [0.25, 0.3) is 103 Å². The number of rotatable bonds is 4. The lowest BCUT2D eigenvalue weighted by Gasteiger charge is -2.09. The van der Waals surface area contributed by atoms with Gasteiger partial charge >= 0.3 is 0 Å². The summed E-state index contributed by atoms with van der Waals surface area (Å²) < 4.78 is 4.96. The number of hydrogen-bond acceptors (Lipinski definition) is 3. The van der Waals surface area contributed by atoms with E-state index in [4.69, 9.17) is 9.97 Å². The zero-order valence-electron chi connectivity index (χ0n) is 26.8. The van der Waals surface area contributed by atoms with Crippen LogP contribution in [0.3, 0.4) is 0 Å². The summed E-state index contributed by atoms with van der Waals surface area (Å²) in [7, 11) is 0. The second kappa shape index (κ2) is 10.6. The standard InChI is InChI=1S/C46H27N3S/c1-3-10-28(11-4-1)39-27-40(29-12-5-2-6-13-29)48-46(47-39)32-20-23-36-35-22-19-31(25-43(35)50-44(36)26-32)30-18-21-34-38-16-9-15-37-33-14-7-8-17-41(33)49(45(37)38)42(34)24-30/h1-27H. The Hall–Kier alpha value is -6.36. The van der Waals surface area contributed by atoms with Crippen molar-refractivity contribution < 1.29 is 0 Å². The fraction of sp³-hybridized carbons (Fsp3) is 0. The van der Waals surface area contributed by atoms with E-state index in [2.05, 4.69) is 156 Å². The fourth-order valence-electron chi connectivity index (χ4n) is 7.80. The second-order valence-electron chi connectivity index (χ2n) is 13.0. The van der Waals surface area contributed by atoms with Gasteiger partial charge in [0.1, 0.15) is 0 Å². The first kappa shape index (κ1) is 27.6. The summed E-state index contributed by atoms with van der Waals surface area (Å²) in [4.78, 5) is 10.2. The maximum Gasteiger partial charge on any atom is 0.160 e. The van der Waals surface area contributed by atoms with Crippen molar-refractivity contribution in [2.75, 3.05) is 0 Å². The molecule has 0 spiro atoms. The van der Waals surface area contributed by atoms with Gasteiger partial charge in [-0.25, -0.2) is 9.97 Å². The molecule has 4 heterocycles. The molecule has 7 aromatic carbocycles. The molecule has 0 aliphatic carbocycles. The molecule has 0 N–H and O–H groups in total. The summed E-state index contributed by atoms with van der Waals surface area (Å²) in [5.74, 6) is 0.732. The minimum atomic E-state index is 0.732. The number of benzene rings is 7. The molecule has 0 radical (unpaired) electrons. The van der Waals surface area contributed by atoms with Gasteiger partial charge in [-0.2, -0.15) is 0 Å². The summed E-state index contributed by atoms with van der Waals surface area (Å²) >= 11 is 1.83. The van der Waals surface area contributed by atoms with Gasteiger partial charge in [-0.1, -0.05) is 133 Å². The Bertz CT molecular complexity index is 3030. The minimum Gasteiger partial charge on any atom is -0.308 e. The van der Waals surface area contributed by atoms with Crippen molar-refractivity contribution in [3.8, 4) is 45.0 Å². The van der Waals surface area contributed by atoms with Gasteiger partial charge in [-0.3, -0.25) is 0 Å². The van der Waals surface area contributed by atoms with Gasteiger partial charge in [0.25, 0.3) is 0 Å². The number of aromatic nitrogens is 3. The number of thiophene rings is 1. The van der Waals surface area contributed by atoms with Crippen LogP contribution in [-0.4, -0.2) is 14.4 Å². The van der Waals surface area contributed by atoms with Crippen LogP contribution in [0.2, 0.25) is 0 Å². The molecule has 4 heteroatoms. The predicted octanol–water partition coefficient (Wildman–Crippen LogP) is 12.7. The highest BCUT2D eigenvalue weighted by Crippen LogP contribution is 2.42. The molecule has 0 amide bonds. The first-order valence-corrected chi connectivity index (χ1v) is 17.7. The van der Waals surface area contributed by atoms with E-state index in [0.717, 1.165) is 33.9 Å². The van der Waals surface area contributed by atoms with Crippen molar-refractivity contribution in [2.45, 2.75) is 0 Å². The fourth-order valence-corrected chi connectivity index (χ4v) is 8.98. The molecule has 0 unspecified atom stereocenters. The molecule has 11 aromatic rings. The molecular weight excluding hydrogens is 627 g/mol. The zero-order valence-corrected chi connectivity index (χ0v) is 27.7. The van der Waals surface area contributed by atoms with E-state index < -0.39 is 0 Å². The highest BCUT2D eigenvalue weighted by atomic mass is 32.1. The lowest BCUT2D eigenvalue weighted by atomic mass is 10.0. The predicted molar refractivity (Wildman–Crippen MR) is 211 cm³/mol. The van der Waals surface area contributed by atoms with Crippen molar-refractivity contribution in [3.63, 3.8) is 0 Å². The Labute approximate surface area is 291 Å². The average Bonchev–Trinajstić information content (AvgIpc) is 3.84. The number of hydrogen-bond donors (Lipinski definition) is 0. The van der Waals surface area contributed by atoms with Crippen LogP contribution in [0.4, 0.5) is 0 Å². The van der Waals surface area contributed by atoms with Crippen LogP contribution < -0.4 is 0 Å². The monoisotopic (exact) mass is 653 g/mol. The zero-order chi connectivity index (χ0) is 32.8. The first-order chi connectivity index (χ1) is 24.8. The van der Waals surface area contributed by atoms with E-state index in [-0.39, 0.29) is 0 Å². The lowest BCUT2D eigenvalue weighted by molar-refractivity contribution is 1.18. The SMILES string of the molecule is c1ccc(-c2cc(-c3ccccc3)nc(-c3ccc4c(c3)sc3cc(-c5ccc6c7cccc8c9ccccc9n(c6c5)c87)ccc34)n2)cc1. The Morgan fingerprint density at radius 2 is 0.880 bits per heavy atom. The summed E-state index contributed by atoms with van der Waals surface area (Å²) in [5.41, 5.74) is 11.3. The van der Waals surface area contributed by atoms with Crippen LogP contribution in [0.15, 0.2) is 164 Å². The van der Waals surface area contributed by atoms with Crippen molar-refractivity contribution in [3.05, 3.63) is 164 Å². The smallest absolute Gasteiger partial charge is 0.160 e. The van der Waals surface area contributed by atoms with Gasteiger partial charge < -0.3 is 4.40 Å². The van der Waals surface area contributed by atoms with E-state index >= 15 is 0 Å². The summed E-state index contributed by atoms with van der Waals surface area (Å²) in [6, 6.07) is 58.8. The minimum absolute atomic E-state index is 0.732. The van der Waals surface area contributed by atoms with E-state index in [9.17, 15) is 0 Å². The van der Waals surface area contributed by atoms with Crippen molar-refractivity contribution in [2.24, 2.45) is 0 Å². The molecule has 0 atom stereocenters. The van der Waals surface area contributed by atoms with E-state index in [1.807, 2.05) is 23.5 Å². The van der Waals surface area contributed by atoms with Gasteiger partial charge in [-0.05, 0) is 41.5 Å². The molecule has 0 saturated carbocycles. The van der Waals surface area contributed by atoms with Gasteiger partial charge in [-0.15, -0.1) is 11.3 Å². The van der Waals surface area contributed by atoms with Crippen molar-refractivity contribution in [1.29, 1.82) is 0 Å². The normalized spacial score (nSPS) is 12.0. The molecule has 0 fully saturated rings. The van der Waals surface area contributed by atoms with E-state index in [1.54, 1.807) is 0 Å². The van der Waals surface area contributed by atoms with E-state index in [1.165, 1.54) is 69.4 Å². The molecule has 50 heavy (non-hydrogen) atoms. The number of para-hydroxylation sites is 2. The van der Waals surface area contributed by atoms with Crippen LogP contribution in [0.1, 0.15) is 0 Å². The van der Waals surface area contributed by atoms with E-state index in [0.29, 0.717) is 0 Å². The molecule has 11 rings (SSSR count). The van der Waals surface area contributed by atoms with Crippen molar-refractivity contribution >= 4 is 69.6 Å². The molecule has 0 aliphatic rings. The summed E-state index contributed by atoms with van der Waals surface area (Å²) in [6.45, 7) is 0. The van der Waals surface area contributed by atoms with Crippen LogP contribution in [-0.2, 0) is 0 Å². The largest absolute Gasteiger partial charge is 0.308 e. The summed E-state index contributed by atoms with van der Waals surface area (Å²) in [5, 5.41) is 7.76. The number of fused-ring (bicyclic) bond motifs is 9. The molecule has 3 nitrogen and oxygen atoms in total. The maximum atomic E-state index is 5.08. The maximum absolute atomic E-state index is 5.08. The third-order valence-electron chi connectivity index (χ3n) is 10.2. The van der Waals surface area contributed by atoms with Gasteiger partial charge in [0, 0.05) is 58.4 Å². The highest BCUT2D eigenvalue weighted by Gasteiger charge is 2.18. The lowest BCUT2D eigenvalue weighted by Crippen LogP contribution is -1.95. The van der Waals surface area contributed by atoms with Crippen LogP contribution in [0, 0.1) is 0 Å².